The Labute approximate surface area is 129 Å². The van der Waals surface area contributed by atoms with Crippen molar-refractivity contribution in [2.45, 2.75) is 27.2 Å². The third kappa shape index (κ3) is 4.17. The largest absolute Gasteiger partial charge is 0.385 e. The van der Waals surface area contributed by atoms with Gasteiger partial charge in [-0.25, -0.2) is 9.78 Å². The zero-order valence-electron chi connectivity index (χ0n) is 13.5. The highest BCUT2D eigenvalue weighted by atomic mass is 16.5. The Bertz CT molecular complexity index is 650. The fourth-order valence-corrected chi connectivity index (χ4v) is 2.05. The molecule has 0 aromatic carbocycles. The van der Waals surface area contributed by atoms with Crippen LogP contribution in [-0.4, -0.2) is 41.5 Å². The number of nitrogens with zero attached hydrogens (tertiary/aromatic N) is 2. The second kappa shape index (κ2) is 6.74. The van der Waals surface area contributed by atoms with Crippen molar-refractivity contribution >= 4 is 22.8 Å². The SMILES string of the molecule is COCCC(C)(C)CNC(=O)Nc1cnc2n[nH]c(C)c2c1. The minimum atomic E-state index is -0.243. The number of fused-ring (bicyclic) bond motifs is 1. The number of aryl methyl sites for hydroxylation is 1. The van der Waals surface area contributed by atoms with Gasteiger partial charge in [-0.3, -0.25) is 5.10 Å². The Kier molecular flexibility index (Phi) is 4.97. The van der Waals surface area contributed by atoms with E-state index in [4.69, 9.17) is 4.74 Å². The van der Waals surface area contributed by atoms with Crippen molar-refractivity contribution in [2.75, 3.05) is 25.6 Å². The molecule has 0 aliphatic heterocycles. The topological polar surface area (TPSA) is 91.9 Å². The molecule has 2 rings (SSSR count). The number of aromatic amines is 1. The molecule has 0 saturated heterocycles. The van der Waals surface area contributed by atoms with Crippen LogP contribution in [0.4, 0.5) is 10.5 Å². The highest BCUT2D eigenvalue weighted by Crippen LogP contribution is 2.19. The Hall–Kier alpha value is -2.15. The summed E-state index contributed by atoms with van der Waals surface area (Å²) in [5.41, 5.74) is 2.19. The monoisotopic (exact) mass is 305 g/mol. The molecule has 7 nitrogen and oxygen atoms in total. The number of anilines is 1. The second-order valence-corrected chi connectivity index (χ2v) is 6.16. The van der Waals surface area contributed by atoms with Gasteiger partial charge >= 0.3 is 6.03 Å². The molecule has 2 aromatic heterocycles. The molecule has 2 aromatic rings. The Balaban J connectivity index is 1.91. The molecule has 0 aliphatic rings. The predicted molar refractivity (Wildman–Crippen MR) is 85.9 cm³/mol. The lowest BCUT2D eigenvalue weighted by atomic mass is 9.90. The number of rotatable bonds is 6. The smallest absolute Gasteiger partial charge is 0.319 e. The van der Waals surface area contributed by atoms with E-state index in [1.807, 2.05) is 13.0 Å². The summed E-state index contributed by atoms with van der Waals surface area (Å²) in [4.78, 5) is 16.2. The standard InChI is InChI=1S/C15H23N5O2/c1-10-12-7-11(8-16-13(12)20-19-10)18-14(21)17-9-15(2,3)5-6-22-4/h7-8H,5-6,9H2,1-4H3,(H,16,19,20)(H2,17,18,21). The van der Waals surface area contributed by atoms with Crippen LogP contribution in [0.2, 0.25) is 0 Å². The number of carbonyl (C=O) groups excluding carboxylic acids is 1. The van der Waals surface area contributed by atoms with Gasteiger partial charge in [0.1, 0.15) is 0 Å². The van der Waals surface area contributed by atoms with E-state index in [9.17, 15) is 4.79 Å². The number of hydrogen-bond acceptors (Lipinski definition) is 4. The zero-order valence-corrected chi connectivity index (χ0v) is 13.5. The van der Waals surface area contributed by atoms with E-state index in [0.29, 0.717) is 24.5 Å². The van der Waals surface area contributed by atoms with Crippen LogP contribution >= 0.6 is 0 Å². The lowest BCUT2D eigenvalue weighted by Gasteiger charge is -2.24. The number of methoxy groups -OCH3 is 1. The number of urea groups is 1. The maximum Gasteiger partial charge on any atom is 0.319 e. The molecule has 22 heavy (non-hydrogen) atoms. The van der Waals surface area contributed by atoms with Gasteiger partial charge in [-0.1, -0.05) is 13.8 Å². The van der Waals surface area contributed by atoms with Crippen molar-refractivity contribution in [1.29, 1.82) is 0 Å². The molecule has 0 atom stereocenters. The molecule has 0 unspecified atom stereocenters. The van der Waals surface area contributed by atoms with Crippen molar-refractivity contribution in [3.8, 4) is 0 Å². The number of amides is 2. The van der Waals surface area contributed by atoms with E-state index < -0.39 is 0 Å². The average Bonchev–Trinajstić information content (AvgIpc) is 2.85. The van der Waals surface area contributed by atoms with Gasteiger partial charge in [0.2, 0.25) is 0 Å². The van der Waals surface area contributed by atoms with Crippen LogP contribution < -0.4 is 10.6 Å². The Morgan fingerprint density at radius 2 is 2.23 bits per heavy atom. The van der Waals surface area contributed by atoms with E-state index in [-0.39, 0.29) is 11.4 Å². The molecule has 0 fully saturated rings. The summed E-state index contributed by atoms with van der Waals surface area (Å²) in [6.07, 6.45) is 2.48. The van der Waals surface area contributed by atoms with Gasteiger partial charge in [-0.15, -0.1) is 0 Å². The van der Waals surface area contributed by atoms with Gasteiger partial charge in [0, 0.05) is 31.3 Å². The van der Waals surface area contributed by atoms with Gasteiger partial charge in [0.05, 0.1) is 11.9 Å². The van der Waals surface area contributed by atoms with E-state index in [2.05, 4.69) is 39.7 Å². The third-order valence-corrected chi connectivity index (χ3v) is 3.57. The first-order valence-corrected chi connectivity index (χ1v) is 7.26. The lowest BCUT2D eigenvalue weighted by Crippen LogP contribution is -2.37. The average molecular weight is 305 g/mol. The minimum Gasteiger partial charge on any atom is -0.385 e. The molecular formula is C15H23N5O2. The zero-order chi connectivity index (χ0) is 16.2. The summed E-state index contributed by atoms with van der Waals surface area (Å²) in [5, 5.41) is 13.5. The normalized spacial score (nSPS) is 11.6. The number of ether oxygens (including phenoxy) is 1. The van der Waals surface area contributed by atoms with Crippen LogP contribution in [0.15, 0.2) is 12.3 Å². The van der Waals surface area contributed by atoms with Gasteiger partial charge in [0.15, 0.2) is 5.65 Å². The van der Waals surface area contributed by atoms with Crippen molar-refractivity contribution in [3.63, 3.8) is 0 Å². The van der Waals surface area contributed by atoms with Crippen molar-refractivity contribution < 1.29 is 9.53 Å². The highest BCUT2D eigenvalue weighted by molar-refractivity contribution is 5.91. The number of hydrogen-bond donors (Lipinski definition) is 3. The van der Waals surface area contributed by atoms with Crippen LogP contribution in [0.25, 0.3) is 11.0 Å². The molecule has 0 spiro atoms. The maximum absolute atomic E-state index is 12.0. The van der Waals surface area contributed by atoms with Gasteiger partial charge in [-0.2, -0.15) is 5.10 Å². The summed E-state index contributed by atoms with van der Waals surface area (Å²) < 4.78 is 5.08. The summed E-state index contributed by atoms with van der Waals surface area (Å²) in [7, 11) is 1.68. The molecule has 0 aliphatic carbocycles. The van der Waals surface area contributed by atoms with Crippen molar-refractivity contribution in [2.24, 2.45) is 5.41 Å². The first-order valence-electron chi connectivity index (χ1n) is 7.26. The van der Waals surface area contributed by atoms with E-state index in [1.165, 1.54) is 0 Å². The highest BCUT2D eigenvalue weighted by Gasteiger charge is 2.18. The third-order valence-electron chi connectivity index (χ3n) is 3.57. The second-order valence-electron chi connectivity index (χ2n) is 6.16. The van der Waals surface area contributed by atoms with Crippen LogP contribution in [0.3, 0.4) is 0 Å². The number of carbonyl (C=O) groups is 1. The molecule has 120 valence electrons. The summed E-state index contributed by atoms with van der Waals surface area (Å²) in [5.74, 6) is 0. The van der Waals surface area contributed by atoms with Crippen LogP contribution in [-0.2, 0) is 4.74 Å². The predicted octanol–water partition coefficient (Wildman–Crippen LogP) is 2.45. The summed E-state index contributed by atoms with van der Waals surface area (Å²) in [6, 6.07) is 1.62. The van der Waals surface area contributed by atoms with Crippen molar-refractivity contribution in [3.05, 3.63) is 18.0 Å². The van der Waals surface area contributed by atoms with E-state index >= 15 is 0 Å². The first kappa shape index (κ1) is 16.2. The van der Waals surface area contributed by atoms with Gasteiger partial charge in [-0.05, 0) is 24.8 Å². The van der Waals surface area contributed by atoms with Crippen molar-refractivity contribution in [1.82, 2.24) is 20.5 Å². The number of aromatic nitrogens is 3. The lowest BCUT2D eigenvalue weighted by molar-refractivity contribution is 0.151. The fraction of sp³-hybridized carbons (Fsp3) is 0.533. The Morgan fingerprint density at radius 1 is 1.45 bits per heavy atom. The number of pyridine rings is 1. The quantitative estimate of drug-likeness (QED) is 0.764. The summed E-state index contributed by atoms with van der Waals surface area (Å²) >= 11 is 0. The van der Waals surface area contributed by atoms with E-state index in [0.717, 1.165) is 17.5 Å². The number of H-pyrrole nitrogens is 1. The Morgan fingerprint density at radius 3 is 2.95 bits per heavy atom. The van der Waals surface area contributed by atoms with E-state index in [1.54, 1.807) is 13.3 Å². The molecule has 7 heteroatoms. The van der Waals surface area contributed by atoms with Crippen LogP contribution in [0.1, 0.15) is 26.0 Å². The molecule has 2 heterocycles. The molecule has 0 saturated carbocycles. The molecule has 3 N–H and O–H groups in total. The molecule has 0 radical (unpaired) electrons. The maximum atomic E-state index is 12.0. The molecule has 2 amide bonds. The number of nitrogens with one attached hydrogen (secondary N) is 3. The molecule has 0 bridgehead atoms. The first-order chi connectivity index (χ1) is 10.4. The van der Waals surface area contributed by atoms with Crippen LogP contribution in [0, 0.1) is 12.3 Å². The minimum absolute atomic E-state index is 0.0172. The fourth-order valence-electron chi connectivity index (χ4n) is 2.05. The van der Waals surface area contributed by atoms with Crippen LogP contribution in [0.5, 0.6) is 0 Å². The van der Waals surface area contributed by atoms with Gasteiger partial charge < -0.3 is 15.4 Å². The van der Waals surface area contributed by atoms with Gasteiger partial charge in [0.25, 0.3) is 0 Å². The molecular weight excluding hydrogens is 282 g/mol. The summed E-state index contributed by atoms with van der Waals surface area (Å²) in [6.45, 7) is 7.35.